The molecule has 0 saturated carbocycles. The number of amides is 1. The lowest BCUT2D eigenvalue weighted by molar-refractivity contribution is 0.102. The number of nitrogens with zero attached hydrogens (tertiary/aromatic N) is 2. The fraction of sp³-hybridized carbons (Fsp3) is 0.190. The molecule has 0 saturated heterocycles. The van der Waals surface area contributed by atoms with Crippen molar-refractivity contribution in [2.45, 2.75) is 26.9 Å². The highest BCUT2D eigenvalue weighted by molar-refractivity contribution is 6.03. The first-order valence-corrected chi connectivity index (χ1v) is 8.73. The van der Waals surface area contributed by atoms with Crippen molar-refractivity contribution in [3.8, 4) is 5.75 Å². The molecular weight excluding hydrogens is 340 g/mol. The number of carbonyl (C=O) groups excluding carboxylic acids is 1. The van der Waals surface area contributed by atoms with Crippen LogP contribution in [-0.4, -0.2) is 22.0 Å². The van der Waals surface area contributed by atoms with Gasteiger partial charge in [0.1, 0.15) is 23.6 Å². The smallest absolute Gasteiger partial charge is 0.274 e. The molecule has 0 spiro atoms. The van der Waals surface area contributed by atoms with Gasteiger partial charge in [-0.05, 0) is 62.7 Å². The molecule has 0 fully saturated rings. The van der Waals surface area contributed by atoms with Crippen molar-refractivity contribution in [1.82, 2.24) is 9.97 Å². The molecule has 1 heterocycles. The van der Waals surface area contributed by atoms with E-state index in [4.69, 9.17) is 4.74 Å². The highest BCUT2D eigenvalue weighted by Crippen LogP contribution is 2.19. The van der Waals surface area contributed by atoms with Crippen molar-refractivity contribution in [1.29, 1.82) is 0 Å². The van der Waals surface area contributed by atoms with E-state index in [0.29, 0.717) is 11.5 Å². The van der Waals surface area contributed by atoms with Crippen LogP contribution in [-0.2, 0) is 0 Å². The quantitative estimate of drug-likeness (QED) is 0.672. The fourth-order valence-corrected chi connectivity index (χ4v) is 2.50. The van der Waals surface area contributed by atoms with E-state index in [2.05, 4.69) is 20.6 Å². The largest absolute Gasteiger partial charge is 0.491 e. The van der Waals surface area contributed by atoms with Crippen molar-refractivity contribution in [3.63, 3.8) is 0 Å². The molecule has 6 heteroatoms. The summed E-state index contributed by atoms with van der Waals surface area (Å²) >= 11 is 0. The molecule has 0 unspecified atom stereocenters. The van der Waals surface area contributed by atoms with Gasteiger partial charge < -0.3 is 15.4 Å². The van der Waals surface area contributed by atoms with Crippen molar-refractivity contribution in [2.75, 3.05) is 10.6 Å². The number of hydrogen-bond acceptors (Lipinski definition) is 5. The van der Waals surface area contributed by atoms with E-state index < -0.39 is 0 Å². The Balaban J connectivity index is 1.68. The molecule has 0 aliphatic carbocycles. The average molecular weight is 362 g/mol. The van der Waals surface area contributed by atoms with E-state index in [0.717, 1.165) is 17.0 Å². The molecule has 3 rings (SSSR count). The van der Waals surface area contributed by atoms with Crippen molar-refractivity contribution in [2.24, 2.45) is 0 Å². The number of hydrogen-bond donors (Lipinski definition) is 2. The van der Waals surface area contributed by atoms with Gasteiger partial charge in [0.05, 0.1) is 6.10 Å². The topological polar surface area (TPSA) is 76.1 Å². The van der Waals surface area contributed by atoms with E-state index in [-0.39, 0.29) is 17.7 Å². The van der Waals surface area contributed by atoms with Crippen LogP contribution in [0, 0.1) is 6.92 Å². The minimum Gasteiger partial charge on any atom is -0.491 e. The van der Waals surface area contributed by atoms with Crippen molar-refractivity contribution >= 4 is 23.1 Å². The Hall–Kier alpha value is -3.41. The van der Waals surface area contributed by atoms with Gasteiger partial charge in [-0.25, -0.2) is 9.97 Å². The molecule has 1 aromatic heterocycles. The Kier molecular flexibility index (Phi) is 5.66. The second-order valence-electron chi connectivity index (χ2n) is 6.43. The van der Waals surface area contributed by atoms with E-state index in [1.54, 1.807) is 18.2 Å². The minimum atomic E-state index is -0.303. The number of rotatable bonds is 6. The minimum absolute atomic E-state index is 0.103. The second kappa shape index (κ2) is 8.31. The van der Waals surface area contributed by atoms with Crippen LogP contribution in [0.2, 0.25) is 0 Å². The Morgan fingerprint density at radius 2 is 1.78 bits per heavy atom. The predicted octanol–water partition coefficient (Wildman–Crippen LogP) is 4.57. The third-order valence-electron chi connectivity index (χ3n) is 3.67. The number of anilines is 3. The third-order valence-corrected chi connectivity index (χ3v) is 3.67. The summed E-state index contributed by atoms with van der Waals surface area (Å²) in [5.74, 6) is 1.01. The summed E-state index contributed by atoms with van der Waals surface area (Å²) in [6.45, 7) is 5.95. The SMILES string of the molecule is Cc1cccc(Nc2cc(C(=O)Nc3ccc(OC(C)C)cc3)ncn2)c1. The van der Waals surface area contributed by atoms with Gasteiger partial charge in [0, 0.05) is 17.4 Å². The Bertz CT molecular complexity index is 923. The average Bonchev–Trinajstić information content (AvgIpc) is 2.63. The van der Waals surface area contributed by atoms with Gasteiger partial charge in [-0.15, -0.1) is 0 Å². The lowest BCUT2D eigenvalue weighted by Crippen LogP contribution is -2.14. The maximum absolute atomic E-state index is 12.5. The molecule has 138 valence electrons. The third kappa shape index (κ3) is 5.28. The first-order chi connectivity index (χ1) is 13.0. The lowest BCUT2D eigenvalue weighted by Gasteiger charge is -2.11. The van der Waals surface area contributed by atoms with Crippen LogP contribution in [0.25, 0.3) is 0 Å². The van der Waals surface area contributed by atoms with E-state index >= 15 is 0 Å². The summed E-state index contributed by atoms with van der Waals surface area (Å²) in [6.07, 6.45) is 1.47. The standard InChI is InChI=1S/C21H22N4O2/c1-14(2)27-18-9-7-16(8-10-18)25-21(26)19-12-20(23-13-22-19)24-17-6-4-5-15(3)11-17/h4-14H,1-3H3,(H,25,26)(H,22,23,24). The number of aryl methyl sites for hydroxylation is 1. The van der Waals surface area contributed by atoms with Crippen LogP contribution in [0.15, 0.2) is 60.9 Å². The zero-order valence-corrected chi connectivity index (χ0v) is 15.6. The normalized spacial score (nSPS) is 10.5. The van der Waals surface area contributed by atoms with E-state index in [1.165, 1.54) is 6.33 Å². The van der Waals surface area contributed by atoms with E-state index in [9.17, 15) is 4.79 Å². The Morgan fingerprint density at radius 1 is 1.00 bits per heavy atom. The van der Waals surface area contributed by atoms with Gasteiger partial charge in [0.25, 0.3) is 5.91 Å². The van der Waals surface area contributed by atoms with Gasteiger partial charge in [-0.1, -0.05) is 12.1 Å². The zero-order valence-electron chi connectivity index (χ0n) is 15.6. The molecule has 1 amide bonds. The molecule has 0 bridgehead atoms. The van der Waals surface area contributed by atoms with Crippen molar-refractivity contribution in [3.05, 3.63) is 72.2 Å². The summed E-state index contributed by atoms with van der Waals surface area (Å²) in [5, 5.41) is 6.01. The van der Waals surface area contributed by atoms with Crippen LogP contribution < -0.4 is 15.4 Å². The molecule has 27 heavy (non-hydrogen) atoms. The highest BCUT2D eigenvalue weighted by Gasteiger charge is 2.10. The number of carbonyl (C=O) groups is 1. The molecule has 0 aliphatic heterocycles. The maximum atomic E-state index is 12.5. The zero-order chi connectivity index (χ0) is 19.2. The Labute approximate surface area is 158 Å². The number of benzene rings is 2. The van der Waals surface area contributed by atoms with E-state index in [1.807, 2.05) is 57.2 Å². The summed E-state index contributed by atoms with van der Waals surface area (Å²) in [4.78, 5) is 20.7. The molecular formula is C21H22N4O2. The first kappa shape index (κ1) is 18.4. The molecule has 2 N–H and O–H groups in total. The molecule has 3 aromatic rings. The summed E-state index contributed by atoms with van der Waals surface area (Å²) in [6, 6.07) is 16.8. The molecule has 0 radical (unpaired) electrons. The highest BCUT2D eigenvalue weighted by atomic mass is 16.5. The van der Waals surface area contributed by atoms with Crippen LogP contribution in [0.1, 0.15) is 29.9 Å². The van der Waals surface area contributed by atoms with Crippen LogP contribution in [0.3, 0.4) is 0 Å². The van der Waals surface area contributed by atoms with Crippen LogP contribution in [0.4, 0.5) is 17.2 Å². The maximum Gasteiger partial charge on any atom is 0.274 e. The van der Waals surface area contributed by atoms with Crippen LogP contribution >= 0.6 is 0 Å². The molecule has 6 nitrogen and oxygen atoms in total. The molecule has 0 atom stereocenters. The second-order valence-corrected chi connectivity index (χ2v) is 6.43. The number of ether oxygens (including phenoxy) is 1. The first-order valence-electron chi connectivity index (χ1n) is 8.73. The monoisotopic (exact) mass is 362 g/mol. The fourth-order valence-electron chi connectivity index (χ4n) is 2.50. The number of nitrogens with one attached hydrogen (secondary N) is 2. The van der Waals surface area contributed by atoms with Crippen LogP contribution in [0.5, 0.6) is 5.75 Å². The predicted molar refractivity (Wildman–Crippen MR) is 107 cm³/mol. The summed E-state index contributed by atoms with van der Waals surface area (Å²) in [7, 11) is 0. The van der Waals surface area contributed by atoms with Gasteiger partial charge in [0.2, 0.25) is 0 Å². The van der Waals surface area contributed by atoms with Gasteiger partial charge >= 0.3 is 0 Å². The van der Waals surface area contributed by atoms with Gasteiger partial charge in [-0.2, -0.15) is 0 Å². The molecule has 2 aromatic carbocycles. The summed E-state index contributed by atoms with van der Waals surface area (Å²) < 4.78 is 5.60. The number of aromatic nitrogens is 2. The lowest BCUT2D eigenvalue weighted by atomic mass is 10.2. The van der Waals surface area contributed by atoms with Crippen molar-refractivity contribution < 1.29 is 9.53 Å². The Morgan fingerprint density at radius 3 is 2.48 bits per heavy atom. The molecule has 0 aliphatic rings. The summed E-state index contributed by atoms with van der Waals surface area (Å²) in [5.41, 5.74) is 2.99. The van der Waals surface area contributed by atoms with Gasteiger partial charge in [0.15, 0.2) is 0 Å². The van der Waals surface area contributed by atoms with Gasteiger partial charge in [-0.3, -0.25) is 4.79 Å².